The van der Waals surface area contributed by atoms with E-state index in [4.69, 9.17) is 0 Å². The Morgan fingerprint density at radius 1 is 1.08 bits per heavy atom. The molecule has 0 aromatic heterocycles. The van der Waals surface area contributed by atoms with Crippen molar-refractivity contribution in [3.8, 4) is 0 Å². The van der Waals surface area contributed by atoms with Gasteiger partial charge in [0.1, 0.15) is 5.82 Å². The summed E-state index contributed by atoms with van der Waals surface area (Å²) in [7, 11) is -1.44. The number of nitrogens with zero attached hydrogens (tertiary/aromatic N) is 3. The predicted octanol–water partition coefficient (Wildman–Crippen LogP) is 4.41. The lowest BCUT2D eigenvalue weighted by Gasteiger charge is -2.42. The second-order valence-corrected chi connectivity index (χ2v) is 12.5. The van der Waals surface area contributed by atoms with E-state index >= 15 is 0 Å². The van der Waals surface area contributed by atoms with Crippen LogP contribution in [0.15, 0.2) is 42.5 Å². The van der Waals surface area contributed by atoms with Gasteiger partial charge in [-0.05, 0) is 43.7 Å². The molecule has 2 aliphatic rings. The molecule has 0 bridgehead atoms. The van der Waals surface area contributed by atoms with Gasteiger partial charge < -0.3 is 15.0 Å². The maximum absolute atomic E-state index is 15.0. The number of nitrogens with one attached hydrogen (secondary N) is 1. The zero-order valence-corrected chi connectivity index (χ0v) is 24.1. The minimum Gasteiger partial charge on any atom is -0.465 e. The highest BCUT2D eigenvalue weighted by atomic mass is 35.5. The lowest BCUT2D eigenvalue weighted by Crippen LogP contribution is -2.54. The van der Waals surface area contributed by atoms with Crippen molar-refractivity contribution >= 4 is 40.7 Å². The molecule has 0 spiro atoms. The van der Waals surface area contributed by atoms with Crippen LogP contribution < -0.4 is 10.2 Å². The Morgan fingerprint density at radius 2 is 1.69 bits per heavy atom. The summed E-state index contributed by atoms with van der Waals surface area (Å²) >= 11 is 0. The Bertz CT molecular complexity index is 1140. The second-order valence-electron chi connectivity index (χ2n) is 10.1. The first-order valence-electron chi connectivity index (χ1n) is 12.8. The van der Waals surface area contributed by atoms with Crippen molar-refractivity contribution in [3.63, 3.8) is 0 Å². The van der Waals surface area contributed by atoms with Gasteiger partial charge >= 0.3 is 12.0 Å². The lowest BCUT2D eigenvalue weighted by molar-refractivity contribution is 0.0600. The van der Waals surface area contributed by atoms with Gasteiger partial charge in [-0.3, -0.25) is 18.9 Å². The van der Waals surface area contributed by atoms with Crippen LogP contribution in [0.3, 0.4) is 0 Å². The molecule has 2 saturated heterocycles. The molecule has 0 radical (unpaired) electrons. The van der Waals surface area contributed by atoms with Crippen molar-refractivity contribution in [3.05, 3.63) is 65.0 Å². The maximum Gasteiger partial charge on any atom is 0.337 e. The summed E-state index contributed by atoms with van der Waals surface area (Å²) in [6.45, 7) is 7.42. The summed E-state index contributed by atoms with van der Waals surface area (Å²) in [5.74, 6) is -1.01. The molecular formula is C27H38ClFN4O5S. The van der Waals surface area contributed by atoms with Gasteiger partial charge in [-0.25, -0.2) is 14.0 Å². The van der Waals surface area contributed by atoms with Crippen LogP contribution in [-0.4, -0.2) is 87.8 Å². The van der Waals surface area contributed by atoms with Gasteiger partial charge in [0, 0.05) is 56.1 Å². The number of hydrogen-bond donors (Lipinski definition) is 3. The van der Waals surface area contributed by atoms with Crippen LogP contribution in [-0.2, 0) is 17.8 Å². The highest BCUT2D eigenvalue weighted by Gasteiger charge is 2.30. The van der Waals surface area contributed by atoms with Crippen LogP contribution in [0.2, 0.25) is 0 Å². The largest absolute Gasteiger partial charge is 0.465 e. The number of piperazine rings is 1. The van der Waals surface area contributed by atoms with Crippen molar-refractivity contribution in [2.75, 3.05) is 49.7 Å². The smallest absolute Gasteiger partial charge is 0.337 e. The van der Waals surface area contributed by atoms with Crippen molar-refractivity contribution < 1.29 is 27.8 Å². The standard InChI is InChI=1S/C27H37FN4O5S.ClH/c1-19-15-29-16-20(2)31(19)17-21-4-8-24(9-5-21)32(27(34)30-10-12-38(35,36)13-11-30)18-23-7-6-22(14-25(23)28)26(33)37-3;/h4-9,14,19-20,29,35-36H,10-13,15-18H2,1-3H3;1H/t19-,20+;. The molecule has 39 heavy (non-hydrogen) atoms. The number of carbonyl (C=O) groups excluding carboxylic acids is 2. The number of amides is 2. The number of rotatable bonds is 6. The zero-order valence-electron chi connectivity index (χ0n) is 22.5. The number of methoxy groups -OCH3 is 1. The Labute approximate surface area is 237 Å². The maximum atomic E-state index is 15.0. The molecule has 2 amide bonds. The summed E-state index contributed by atoms with van der Waals surface area (Å²) in [4.78, 5) is 30.9. The van der Waals surface area contributed by atoms with E-state index in [0.29, 0.717) is 17.8 Å². The summed E-state index contributed by atoms with van der Waals surface area (Å²) in [6, 6.07) is 12.2. The minimum atomic E-state index is -2.67. The highest BCUT2D eigenvalue weighted by Crippen LogP contribution is 2.40. The molecule has 0 unspecified atom stereocenters. The third-order valence-electron chi connectivity index (χ3n) is 7.31. The molecule has 0 aliphatic carbocycles. The molecule has 3 N–H and O–H groups in total. The van der Waals surface area contributed by atoms with E-state index in [9.17, 15) is 23.1 Å². The van der Waals surface area contributed by atoms with Crippen LogP contribution >= 0.6 is 23.0 Å². The molecule has 2 heterocycles. The monoisotopic (exact) mass is 584 g/mol. The third kappa shape index (κ3) is 7.62. The summed E-state index contributed by atoms with van der Waals surface area (Å²) in [5, 5.41) is 3.44. The molecule has 0 saturated carbocycles. The minimum absolute atomic E-state index is 0. The van der Waals surface area contributed by atoms with Gasteiger partial charge in [0.25, 0.3) is 0 Å². The first kappa shape index (κ1) is 31.1. The number of benzene rings is 2. The Morgan fingerprint density at radius 3 is 2.26 bits per heavy atom. The molecule has 216 valence electrons. The number of halogens is 2. The van der Waals surface area contributed by atoms with Crippen molar-refractivity contribution in [2.24, 2.45) is 0 Å². The van der Waals surface area contributed by atoms with Gasteiger partial charge in [0.15, 0.2) is 0 Å². The fourth-order valence-electron chi connectivity index (χ4n) is 4.92. The van der Waals surface area contributed by atoms with Crippen LogP contribution in [0.5, 0.6) is 0 Å². The van der Waals surface area contributed by atoms with E-state index in [1.807, 2.05) is 24.3 Å². The van der Waals surface area contributed by atoms with Crippen LogP contribution in [0.25, 0.3) is 0 Å². The van der Waals surface area contributed by atoms with Gasteiger partial charge in [-0.1, -0.05) is 18.2 Å². The molecule has 2 fully saturated rings. The second kappa shape index (κ2) is 13.3. The van der Waals surface area contributed by atoms with Crippen molar-refractivity contribution in [2.45, 2.75) is 39.0 Å². The first-order chi connectivity index (χ1) is 18.1. The summed E-state index contributed by atoms with van der Waals surface area (Å²) in [5.41, 5.74) is 2.06. The SMILES string of the molecule is COC(=O)c1ccc(CN(C(=O)N2CCS(O)(O)CC2)c2ccc(CN3[C@H](C)CNC[C@@H]3C)cc2)c(F)c1.Cl. The lowest BCUT2D eigenvalue weighted by atomic mass is 10.1. The molecule has 9 nitrogen and oxygen atoms in total. The fraction of sp³-hybridized carbons (Fsp3) is 0.481. The Balaban J connectivity index is 0.00000420. The average molecular weight is 585 g/mol. The molecular weight excluding hydrogens is 547 g/mol. The molecule has 2 aromatic carbocycles. The van der Waals surface area contributed by atoms with Crippen molar-refractivity contribution in [1.82, 2.24) is 15.1 Å². The number of urea groups is 1. The fourth-order valence-corrected chi connectivity index (χ4v) is 6.15. The Hall–Kier alpha value is -2.41. The van der Waals surface area contributed by atoms with Crippen LogP contribution in [0.4, 0.5) is 14.9 Å². The zero-order chi connectivity index (χ0) is 27.4. The van der Waals surface area contributed by atoms with Gasteiger partial charge in [-0.15, -0.1) is 12.4 Å². The number of carbonyl (C=O) groups is 2. The van der Waals surface area contributed by atoms with E-state index in [-0.39, 0.29) is 60.7 Å². The van der Waals surface area contributed by atoms with E-state index < -0.39 is 22.4 Å². The molecule has 12 heteroatoms. The molecule has 4 rings (SSSR count). The molecule has 2 aliphatic heterocycles. The quantitative estimate of drug-likeness (QED) is 0.432. The van der Waals surface area contributed by atoms with Crippen LogP contribution in [0.1, 0.15) is 35.3 Å². The number of anilines is 1. The number of esters is 1. The molecule has 2 atom stereocenters. The van der Waals surface area contributed by atoms with Gasteiger partial charge in [-0.2, -0.15) is 10.6 Å². The van der Waals surface area contributed by atoms with Gasteiger partial charge in [0.2, 0.25) is 0 Å². The highest BCUT2D eigenvalue weighted by molar-refractivity contribution is 8.24. The molecule has 2 aromatic rings. The van der Waals surface area contributed by atoms with E-state index in [2.05, 4.69) is 28.8 Å². The number of ether oxygens (including phenoxy) is 1. The predicted molar refractivity (Wildman–Crippen MR) is 155 cm³/mol. The summed E-state index contributed by atoms with van der Waals surface area (Å²) < 4.78 is 39.6. The topological polar surface area (TPSA) is 106 Å². The van der Waals surface area contributed by atoms with Crippen LogP contribution in [0, 0.1) is 5.82 Å². The normalized spacial score (nSPS) is 21.9. The average Bonchev–Trinajstić information content (AvgIpc) is 2.90. The summed E-state index contributed by atoms with van der Waals surface area (Å²) in [6.07, 6.45) is 0. The Kier molecular flexibility index (Phi) is 10.6. The third-order valence-corrected chi connectivity index (χ3v) is 8.98. The van der Waals surface area contributed by atoms with E-state index in [1.54, 1.807) is 4.90 Å². The van der Waals surface area contributed by atoms with E-state index in [1.165, 1.54) is 24.1 Å². The van der Waals surface area contributed by atoms with Gasteiger partial charge in [0.05, 0.1) is 30.7 Å². The number of hydrogen-bond acceptors (Lipinski definition) is 7. The van der Waals surface area contributed by atoms with Crippen molar-refractivity contribution in [1.29, 1.82) is 0 Å². The first-order valence-corrected chi connectivity index (χ1v) is 14.7. The van der Waals surface area contributed by atoms with E-state index in [0.717, 1.165) is 31.3 Å².